The van der Waals surface area contributed by atoms with Crippen LogP contribution in [0.25, 0.3) is 95.3 Å². The van der Waals surface area contributed by atoms with E-state index in [-0.39, 0.29) is 0 Å². The average Bonchev–Trinajstić information content (AvgIpc) is 4.07. The smallest absolute Gasteiger partial charge is 0.238 e. The molecule has 13 aromatic rings. The molecule has 1 aliphatic carbocycles. The van der Waals surface area contributed by atoms with Gasteiger partial charge in [-0.2, -0.15) is 9.97 Å². The molecule has 0 unspecified atom stereocenters. The fourth-order valence-electron chi connectivity index (χ4n) is 11.8. The Hall–Kier alpha value is -10.1. The lowest BCUT2D eigenvalue weighted by Gasteiger charge is -2.44. The van der Waals surface area contributed by atoms with Gasteiger partial charge >= 0.3 is 0 Å². The van der Waals surface area contributed by atoms with E-state index in [0.717, 1.165) is 89.1 Å². The number of nitrogens with zero attached hydrogens (tertiary/aromatic N) is 7. The SMILES string of the molecule is c1ccc(-c2cc(-c3ccccc3)nc(-n3c4ccccc4c4cc(-c5ccc6c(c5)C5(c7ccccc7-6)c6ccccc6N(c6nc(-c7ccccc7)nc(-c7ccccc7)n6)c6ccccc65)ccc43)n2)cc1. The number of hydrogen-bond acceptors (Lipinski definition) is 6. The van der Waals surface area contributed by atoms with Crippen molar-refractivity contribution in [2.75, 3.05) is 4.90 Å². The molecule has 0 saturated carbocycles. The van der Waals surface area contributed by atoms with Crippen LogP contribution in [-0.2, 0) is 5.41 Å². The van der Waals surface area contributed by atoms with Crippen LogP contribution < -0.4 is 4.90 Å². The average molecular weight is 958 g/mol. The van der Waals surface area contributed by atoms with Crippen molar-refractivity contribution >= 4 is 39.1 Å². The summed E-state index contributed by atoms with van der Waals surface area (Å²) in [7, 11) is 0. The molecule has 7 nitrogen and oxygen atoms in total. The van der Waals surface area contributed by atoms with Gasteiger partial charge in [0.15, 0.2) is 11.6 Å². The third-order valence-corrected chi connectivity index (χ3v) is 15.1. The maximum absolute atomic E-state index is 5.31. The molecule has 0 amide bonds. The molecule has 1 aliphatic heterocycles. The van der Waals surface area contributed by atoms with Gasteiger partial charge < -0.3 is 0 Å². The third kappa shape index (κ3) is 6.65. The van der Waals surface area contributed by atoms with Gasteiger partial charge in [0, 0.05) is 33.0 Å². The second-order valence-electron chi connectivity index (χ2n) is 19.2. The van der Waals surface area contributed by atoms with E-state index in [1.54, 1.807) is 0 Å². The molecule has 3 aromatic heterocycles. The Morgan fingerprint density at radius 2 is 0.747 bits per heavy atom. The lowest BCUT2D eigenvalue weighted by molar-refractivity contribution is 0.749. The molecular weight excluding hydrogens is 915 g/mol. The molecule has 0 bridgehead atoms. The number of fused-ring (bicyclic) bond motifs is 12. The topological polar surface area (TPSA) is 72.6 Å². The van der Waals surface area contributed by atoms with Crippen LogP contribution in [0.5, 0.6) is 0 Å². The van der Waals surface area contributed by atoms with Crippen molar-refractivity contribution in [3.63, 3.8) is 0 Å². The molecule has 7 heteroatoms. The molecule has 0 saturated heterocycles. The van der Waals surface area contributed by atoms with Gasteiger partial charge in [-0.3, -0.25) is 9.47 Å². The maximum atomic E-state index is 5.31. The first kappa shape index (κ1) is 42.6. The summed E-state index contributed by atoms with van der Waals surface area (Å²) >= 11 is 0. The van der Waals surface area contributed by atoms with Crippen molar-refractivity contribution in [3.05, 3.63) is 283 Å². The minimum Gasteiger partial charge on any atom is -0.278 e. The fourth-order valence-corrected chi connectivity index (χ4v) is 11.8. The van der Waals surface area contributed by atoms with E-state index >= 15 is 0 Å². The van der Waals surface area contributed by atoms with Crippen molar-refractivity contribution in [2.45, 2.75) is 5.41 Å². The van der Waals surface area contributed by atoms with Crippen molar-refractivity contribution in [2.24, 2.45) is 0 Å². The Morgan fingerprint density at radius 3 is 1.36 bits per heavy atom. The molecule has 0 N–H and O–H groups in total. The van der Waals surface area contributed by atoms with Crippen molar-refractivity contribution in [3.8, 4) is 73.5 Å². The van der Waals surface area contributed by atoms with E-state index in [2.05, 4.69) is 222 Å². The highest BCUT2D eigenvalue weighted by atomic mass is 15.3. The van der Waals surface area contributed by atoms with Gasteiger partial charge in [-0.05, 0) is 87.0 Å². The van der Waals surface area contributed by atoms with Gasteiger partial charge in [0.1, 0.15) is 0 Å². The van der Waals surface area contributed by atoms with Crippen molar-refractivity contribution < 1.29 is 0 Å². The van der Waals surface area contributed by atoms with E-state index in [0.29, 0.717) is 23.5 Å². The first-order valence-corrected chi connectivity index (χ1v) is 25.3. The highest BCUT2D eigenvalue weighted by molar-refractivity contribution is 6.10. The van der Waals surface area contributed by atoms with Crippen LogP contribution in [0.2, 0.25) is 0 Å². The first-order chi connectivity index (χ1) is 37.2. The van der Waals surface area contributed by atoms with Crippen LogP contribution in [0, 0.1) is 0 Å². The monoisotopic (exact) mass is 957 g/mol. The van der Waals surface area contributed by atoms with Crippen LogP contribution in [0.1, 0.15) is 22.3 Å². The summed E-state index contributed by atoms with van der Waals surface area (Å²) in [5, 5.41) is 2.26. The molecule has 0 radical (unpaired) electrons. The lowest BCUT2D eigenvalue weighted by atomic mass is 9.64. The standard InChI is InChI=1S/C68H43N7/c1-5-21-44(22-6-1)58-43-59(45-23-7-2-8-24-45)70-66(69-58)74-60-34-18-14-30-52(60)53-41-48(38-40-61(53)74)49-37-39-51-50-29-13-15-31-54(50)68(57(51)42-49)55-32-16-19-35-62(55)75(63-36-20-17-33-56(63)68)67-72-64(46-25-9-3-10-26-46)71-65(73-67)47-27-11-4-12-28-47/h1-43H. The summed E-state index contributed by atoms with van der Waals surface area (Å²) in [5.41, 5.74) is 18.5. The summed E-state index contributed by atoms with van der Waals surface area (Å²) in [6.45, 7) is 0. The molecule has 15 rings (SSSR count). The summed E-state index contributed by atoms with van der Waals surface area (Å²) in [4.78, 5) is 28.5. The Morgan fingerprint density at radius 1 is 0.280 bits per heavy atom. The Kier molecular flexibility index (Phi) is 9.65. The maximum Gasteiger partial charge on any atom is 0.238 e. The van der Waals surface area contributed by atoms with E-state index in [9.17, 15) is 0 Å². The Labute approximate surface area is 433 Å². The second kappa shape index (κ2) is 17.0. The molecule has 2 aliphatic rings. The molecule has 0 fully saturated rings. The van der Waals surface area contributed by atoms with Crippen LogP contribution >= 0.6 is 0 Å². The van der Waals surface area contributed by atoms with Crippen molar-refractivity contribution in [1.82, 2.24) is 29.5 Å². The Bertz CT molecular complexity index is 4200. The van der Waals surface area contributed by atoms with Gasteiger partial charge in [-0.25, -0.2) is 15.0 Å². The predicted molar refractivity (Wildman–Crippen MR) is 302 cm³/mol. The van der Waals surface area contributed by atoms with Crippen LogP contribution in [0.15, 0.2) is 261 Å². The van der Waals surface area contributed by atoms with Gasteiger partial charge in [0.25, 0.3) is 0 Å². The zero-order valence-electron chi connectivity index (χ0n) is 40.5. The highest BCUT2D eigenvalue weighted by Crippen LogP contribution is 2.63. The zero-order chi connectivity index (χ0) is 49.5. The van der Waals surface area contributed by atoms with Crippen LogP contribution in [-0.4, -0.2) is 29.5 Å². The molecule has 10 aromatic carbocycles. The largest absolute Gasteiger partial charge is 0.278 e. The first-order valence-electron chi connectivity index (χ1n) is 25.3. The molecular formula is C68H43N7. The summed E-state index contributed by atoms with van der Waals surface area (Å²) in [6, 6.07) is 92.3. The quantitative estimate of drug-likeness (QED) is 0.158. The molecule has 350 valence electrons. The van der Waals surface area contributed by atoms with E-state index in [4.69, 9.17) is 24.9 Å². The van der Waals surface area contributed by atoms with Gasteiger partial charge in [-0.1, -0.05) is 218 Å². The lowest BCUT2D eigenvalue weighted by Crippen LogP contribution is -2.36. The number of aromatic nitrogens is 6. The number of para-hydroxylation sites is 3. The predicted octanol–water partition coefficient (Wildman–Crippen LogP) is 16.2. The van der Waals surface area contributed by atoms with E-state index in [1.165, 1.54) is 22.3 Å². The molecule has 1 spiro atoms. The zero-order valence-corrected chi connectivity index (χ0v) is 40.5. The highest BCUT2D eigenvalue weighted by Gasteiger charge is 2.52. The van der Waals surface area contributed by atoms with Gasteiger partial charge in [-0.15, -0.1) is 0 Å². The normalized spacial score (nSPS) is 12.9. The number of hydrogen-bond donors (Lipinski definition) is 0. The second-order valence-corrected chi connectivity index (χ2v) is 19.2. The summed E-state index contributed by atoms with van der Waals surface area (Å²) < 4.78 is 2.22. The fraction of sp³-hybridized carbons (Fsp3) is 0.0147. The molecule has 0 atom stereocenters. The van der Waals surface area contributed by atoms with Crippen LogP contribution in [0.3, 0.4) is 0 Å². The number of rotatable bonds is 7. The van der Waals surface area contributed by atoms with Crippen LogP contribution in [0.4, 0.5) is 17.3 Å². The Balaban J connectivity index is 0.919. The van der Waals surface area contributed by atoms with Gasteiger partial charge in [0.05, 0.1) is 39.2 Å². The number of anilines is 3. The summed E-state index contributed by atoms with van der Waals surface area (Å²) in [6.07, 6.45) is 0. The third-order valence-electron chi connectivity index (χ3n) is 15.1. The molecule has 75 heavy (non-hydrogen) atoms. The minimum atomic E-state index is -0.680. The van der Waals surface area contributed by atoms with Crippen molar-refractivity contribution in [1.29, 1.82) is 0 Å². The van der Waals surface area contributed by atoms with Gasteiger partial charge in [0.2, 0.25) is 11.9 Å². The summed E-state index contributed by atoms with van der Waals surface area (Å²) in [5.74, 6) is 2.40. The molecule has 4 heterocycles. The van der Waals surface area contributed by atoms with E-state index in [1.807, 2.05) is 48.5 Å². The minimum absolute atomic E-state index is 0.554. The number of benzene rings is 10. The van der Waals surface area contributed by atoms with E-state index < -0.39 is 5.41 Å².